The normalized spacial score (nSPS) is 23.5. The van der Waals surface area contributed by atoms with E-state index in [9.17, 15) is 12.8 Å². The van der Waals surface area contributed by atoms with Crippen molar-refractivity contribution in [2.24, 2.45) is 11.7 Å². The van der Waals surface area contributed by atoms with Crippen LogP contribution >= 0.6 is 23.8 Å². The molecule has 0 aliphatic heterocycles. The Balaban J connectivity index is 2.00. The molecular weight excluding hydrogens is 357 g/mol. The van der Waals surface area contributed by atoms with E-state index in [0.29, 0.717) is 10.6 Å². The Bertz CT molecular complexity index is 868. The Morgan fingerprint density at radius 3 is 2.39 bits per heavy atom. The zero-order chi connectivity index (χ0) is 16.8. The lowest BCUT2D eigenvalue weighted by molar-refractivity contribution is 0.593. The van der Waals surface area contributed by atoms with Crippen molar-refractivity contribution in [3.05, 3.63) is 64.9 Å². The second-order valence-electron chi connectivity index (χ2n) is 5.47. The van der Waals surface area contributed by atoms with Crippen LogP contribution in [0.1, 0.15) is 11.5 Å². The van der Waals surface area contributed by atoms with Gasteiger partial charge in [0.2, 0.25) is 0 Å². The van der Waals surface area contributed by atoms with Gasteiger partial charge in [-0.05, 0) is 42.0 Å². The van der Waals surface area contributed by atoms with E-state index in [2.05, 4.69) is 0 Å². The van der Waals surface area contributed by atoms with Crippen molar-refractivity contribution in [1.82, 2.24) is 0 Å². The number of thiocarbonyl (C=S) groups is 1. The van der Waals surface area contributed by atoms with E-state index >= 15 is 0 Å². The second-order valence-corrected chi connectivity index (χ2v) is 8.49. The molecule has 1 fully saturated rings. The fraction of sp³-hybridized carbons (Fsp3) is 0.188. The number of hydrogen-bond acceptors (Lipinski definition) is 3. The summed E-state index contributed by atoms with van der Waals surface area (Å²) in [5.41, 5.74) is 6.29. The maximum absolute atomic E-state index is 13.4. The summed E-state index contributed by atoms with van der Waals surface area (Å²) in [6, 6.07) is 11.8. The first-order valence-electron chi connectivity index (χ1n) is 6.86. The number of benzene rings is 2. The highest BCUT2D eigenvalue weighted by molar-refractivity contribution is 7.92. The zero-order valence-electron chi connectivity index (χ0n) is 11.8. The lowest BCUT2D eigenvalue weighted by atomic mass is 10.1. The first-order valence-corrected chi connectivity index (χ1v) is 9.20. The Morgan fingerprint density at radius 2 is 1.83 bits per heavy atom. The van der Waals surface area contributed by atoms with Crippen molar-refractivity contribution >= 4 is 38.6 Å². The van der Waals surface area contributed by atoms with Crippen LogP contribution in [0.5, 0.6) is 0 Å². The van der Waals surface area contributed by atoms with Gasteiger partial charge in [-0.1, -0.05) is 36.0 Å². The summed E-state index contributed by atoms with van der Waals surface area (Å²) in [7, 11) is -3.64. The molecule has 2 aromatic carbocycles. The minimum absolute atomic E-state index is 0.127. The van der Waals surface area contributed by atoms with E-state index in [4.69, 9.17) is 29.6 Å². The van der Waals surface area contributed by atoms with E-state index in [1.807, 2.05) is 0 Å². The van der Waals surface area contributed by atoms with Gasteiger partial charge in [0.15, 0.2) is 9.84 Å². The largest absolute Gasteiger partial charge is 0.393 e. The Hall–Kier alpha value is -1.50. The van der Waals surface area contributed by atoms with E-state index in [0.717, 1.165) is 0 Å². The lowest BCUT2D eigenvalue weighted by Crippen LogP contribution is -2.17. The number of rotatable bonds is 4. The maximum Gasteiger partial charge on any atom is 0.182 e. The highest BCUT2D eigenvalue weighted by Gasteiger charge is 2.60. The Kier molecular flexibility index (Phi) is 4.16. The first kappa shape index (κ1) is 16.4. The molecule has 23 heavy (non-hydrogen) atoms. The summed E-state index contributed by atoms with van der Waals surface area (Å²) in [4.78, 5) is 0.286. The molecule has 2 N–H and O–H groups in total. The predicted molar refractivity (Wildman–Crippen MR) is 91.8 cm³/mol. The first-order chi connectivity index (χ1) is 10.8. The van der Waals surface area contributed by atoms with Crippen molar-refractivity contribution in [2.45, 2.75) is 16.1 Å². The SMILES string of the molecule is NC(=S)[C@@H]1[C@H](c2cccc(F)c2)[C@@H]1S(=O)(=O)c1ccc(Cl)cc1. The van der Waals surface area contributed by atoms with Gasteiger partial charge in [-0.3, -0.25) is 0 Å². The van der Waals surface area contributed by atoms with Crippen molar-refractivity contribution in [2.75, 3.05) is 0 Å². The fourth-order valence-electron chi connectivity index (χ4n) is 2.90. The molecule has 120 valence electrons. The number of sulfone groups is 1. The Labute approximate surface area is 144 Å². The zero-order valence-corrected chi connectivity index (χ0v) is 14.2. The van der Waals surface area contributed by atoms with Crippen LogP contribution in [-0.2, 0) is 9.84 Å². The number of nitrogens with two attached hydrogens (primary N) is 1. The van der Waals surface area contributed by atoms with E-state index in [-0.39, 0.29) is 9.88 Å². The van der Waals surface area contributed by atoms with Crippen LogP contribution in [0.3, 0.4) is 0 Å². The fourth-order valence-corrected chi connectivity index (χ4v) is 5.56. The topological polar surface area (TPSA) is 60.2 Å². The van der Waals surface area contributed by atoms with Gasteiger partial charge in [-0.2, -0.15) is 0 Å². The molecule has 0 saturated heterocycles. The van der Waals surface area contributed by atoms with Crippen LogP contribution in [0, 0.1) is 11.7 Å². The summed E-state index contributed by atoms with van der Waals surface area (Å²) in [6.07, 6.45) is 0. The van der Waals surface area contributed by atoms with Crippen molar-refractivity contribution in [3.8, 4) is 0 Å². The minimum Gasteiger partial charge on any atom is -0.393 e. The average Bonchev–Trinajstić information content (AvgIpc) is 3.24. The van der Waals surface area contributed by atoms with Gasteiger partial charge >= 0.3 is 0 Å². The van der Waals surface area contributed by atoms with Gasteiger partial charge in [0.05, 0.1) is 15.1 Å². The van der Waals surface area contributed by atoms with Gasteiger partial charge in [0.1, 0.15) is 5.82 Å². The molecule has 0 aromatic heterocycles. The molecule has 0 spiro atoms. The molecule has 0 amide bonds. The van der Waals surface area contributed by atoms with Crippen LogP contribution in [0.4, 0.5) is 4.39 Å². The highest BCUT2D eigenvalue weighted by Crippen LogP contribution is 2.54. The van der Waals surface area contributed by atoms with Gasteiger partial charge in [-0.15, -0.1) is 0 Å². The lowest BCUT2D eigenvalue weighted by Gasteiger charge is -2.04. The number of hydrogen-bond donors (Lipinski definition) is 1. The molecule has 0 heterocycles. The van der Waals surface area contributed by atoms with Crippen molar-refractivity contribution < 1.29 is 12.8 Å². The van der Waals surface area contributed by atoms with Crippen LogP contribution in [0.25, 0.3) is 0 Å². The third-order valence-corrected chi connectivity index (χ3v) is 6.77. The summed E-state index contributed by atoms with van der Waals surface area (Å²) in [5.74, 6) is -1.34. The van der Waals surface area contributed by atoms with Crippen LogP contribution in [0.15, 0.2) is 53.4 Å². The molecule has 1 aliphatic rings. The monoisotopic (exact) mass is 369 g/mol. The molecule has 7 heteroatoms. The van der Waals surface area contributed by atoms with Gasteiger partial charge in [0.25, 0.3) is 0 Å². The summed E-state index contributed by atoms with van der Waals surface area (Å²) < 4.78 is 39.1. The van der Waals surface area contributed by atoms with Crippen LogP contribution in [-0.4, -0.2) is 18.7 Å². The smallest absolute Gasteiger partial charge is 0.182 e. The summed E-state index contributed by atoms with van der Waals surface area (Å²) in [5, 5.41) is -0.324. The molecule has 0 unspecified atom stereocenters. The molecule has 0 bridgehead atoms. The number of halogens is 2. The second kappa shape index (κ2) is 5.85. The maximum atomic E-state index is 13.4. The molecular formula is C16H13ClFNO2S2. The molecule has 3 atom stereocenters. The summed E-state index contributed by atoms with van der Waals surface area (Å²) in [6.45, 7) is 0. The average molecular weight is 370 g/mol. The molecule has 0 radical (unpaired) electrons. The minimum atomic E-state index is -3.64. The highest BCUT2D eigenvalue weighted by atomic mass is 35.5. The predicted octanol–water partition coefficient (Wildman–Crippen LogP) is 3.32. The third-order valence-electron chi connectivity index (χ3n) is 4.02. The third kappa shape index (κ3) is 2.98. The van der Waals surface area contributed by atoms with Crippen molar-refractivity contribution in [3.63, 3.8) is 0 Å². The van der Waals surface area contributed by atoms with Crippen LogP contribution in [0.2, 0.25) is 5.02 Å². The molecule has 1 aliphatic carbocycles. The van der Waals surface area contributed by atoms with Crippen molar-refractivity contribution in [1.29, 1.82) is 0 Å². The molecule has 3 nitrogen and oxygen atoms in total. The van der Waals surface area contributed by atoms with Gasteiger partial charge in [0, 0.05) is 16.9 Å². The summed E-state index contributed by atoms with van der Waals surface area (Å²) >= 11 is 10.8. The standard InChI is InChI=1S/C16H13ClFNO2S2/c17-10-4-6-12(7-5-10)23(20,21)15-13(14(15)16(19)22)9-2-1-3-11(18)8-9/h1-8,13-15H,(H2,19,22)/t13-,14+,15-/m0/s1. The quantitative estimate of drug-likeness (QED) is 0.840. The van der Waals surface area contributed by atoms with E-state index in [1.165, 1.54) is 36.4 Å². The van der Waals surface area contributed by atoms with Gasteiger partial charge in [-0.25, -0.2) is 12.8 Å². The molecule has 2 aromatic rings. The van der Waals surface area contributed by atoms with E-state index in [1.54, 1.807) is 12.1 Å². The molecule has 3 rings (SSSR count). The van der Waals surface area contributed by atoms with E-state index < -0.39 is 32.7 Å². The van der Waals surface area contributed by atoms with Gasteiger partial charge < -0.3 is 5.73 Å². The molecule has 1 saturated carbocycles. The Morgan fingerprint density at radius 1 is 1.17 bits per heavy atom. The van der Waals surface area contributed by atoms with Crippen LogP contribution < -0.4 is 5.73 Å².